The molecule has 15 heteroatoms. The van der Waals surface area contributed by atoms with E-state index in [2.05, 4.69) is 77.5 Å². The van der Waals surface area contributed by atoms with Crippen LogP contribution in [0.3, 0.4) is 0 Å². The molecule has 15 nitrogen and oxygen atoms in total. The van der Waals surface area contributed by atoms with E-state index in [4.69, 9.17) is 24.2 Å². The molecule has 4 fully saturated rings. The summed E-state index contributed by atoms with van der Waals surface area (Å²) in [4.78, 5) is 77.6. The third-order valence-corrected chi connectivity index (χ3v) is 15.9. The molecule has 0 radical (unpaired) electrons. The zero-order chi connectivity index (χ0) is 48.8. The molecule has 7 heterocycles. The summed E-state index contributed by atoms with van der Waals surface area (Å²) in [6.07, 6.45) is 10.9. The summed E-state index contributed by atoms with van der Waals surface area (Å²) in [5, 5.41) is 3.03. The maximum Gasteiger partial charge on any atom is 0.306 e. The predicted molar refractivity (Wildman–Crippen MR) is 264 cm³/mol. The lowest BCUT2D eigenvalue weighted by atomic mass is 9.79. The number of methoxy groups -OCH3 is 1. The van der Waals surface area contributed by atoms with Gasteiger partial charge in [0, 0.05) is 43.9 Å². The fourth-order valence-electron chi connectivity index (χ4n) is 12.8. The number of nitrogens with one attached hydrogen (secondary N) is 3. The van der Waals surface area contributed by atoms with Crippen LogP contribution in [-0.4, -0.2) is 117 Å². The average Bonchev–Trinajstić information content (AvgIpc) is 4.18. The van der Waals surface area contributed by atoms with Crippen molar-refractivity contribution < 1.29 is 33.4 Å². The fourth-order valence-corrected chi connectivity index (χ4v) is 12.8. The molecular formula is C54H72N8O7. The number of likely N-dealkylation sites (N-methyl/N-ethyl adjacent to an activating group) is 1. The molecule has 5 aliphatic heterocycles. The van der Waals surface area contributed by atoms with E-state index in [9.17, 15) is 19.2 Å². The van der Waals surface area contributed by atoms with Crippen LogP contribution in [0.5, 0.6) is 0 Å². The van der Waals surface area contributed by atoms with Crippen LogP contribution in [0.1, 0.15) is 136 Å². The number of imidazole rings is 2. The molecule has 69 heavy (non-hydrogen) atoms. The summed E-state index contributed by atoms with van der Waals surface area (Å²) >= 11 is 0. The van der Waals surface area contributed by atoms with Crippen molar-refractivity contribution in [3.05, 3.63) is 66.0 Å². The van der Waals surface area contributed by atoms with Crippen LogP contribution < -0.4 is 10.2 Å². The first-order chi connectivity index (χ1) is 33.1. The highest BCUT2D eigenvalue weighted by Gasteiger charge is 2.46. The van der Waals surface area contributed by atoms with E-state index in [-0.39, 0.29) is 90.5 Å². The van der Waals surface area contributed by atoms with Crippen LogP contribution in [0, 0.1) is 17.8 Å². The van der Waals surface area contributed by atoms with Crippen molar-refractivity contribution in [2.75, 3.05) is 25.6 Å². The van der Waals surface area contributed by atoms with E-state index < -0.39 is 12.0 Å². The number of hydrogen-bond acceptors (Lipinski definition) is 10. The Bertz CT molecular complexity index is 2500. The third-order valence-electron chi connectivity index (χ3n) is 15.9. The number of likely N-dealkylation sites (tertiary alicyclic amines) is 2. The Morgan fingerprint density at radius 3 is 1.81 bits per heavy atom. The summed E-state index contributed by atoms with van der Waals surface area (Å²) in [5.74, 6) is 0.407. The molecule has 0 spiro atoms. The number of anilines is 1. The lowest BCUT2D eigenvalue weighted by Crippen LogP contribution is -2.55. The van der Waals surface area contributed by atoms with Crippen molar-refractivity contribution in [3.8, 4) is 33.6 Å². The minimum absolute atomic E-state index is 0.00482. The van der Waals surface area contributed by atoms with Gasteiger partial charge in [0.1, 0.15) is 17.7 Å². The van der Waals surface area contributed by atoms with Crippen LogP contribution in [-0.2, 0) is 39.8 Å². The number of esters is 1. The molecule has 3 N–H and O–H groups in total. The molecular weight excluding hydrogens is 873 g/mol. The summed E-state index contributed by atoms with van der Waals surface area (Å²) in [6, 6.07) is 11.9. The van der Waals surface area contributed by atoms with Crippen molar-refractivity contribution in [3.63, 3.8) is 0 Å². The number of benzene rings is 2. The number of aromatic amines is 2. The highest BCUT2D eigenvalue weighted by atomic mass is 16.5. The molecule has 5 aliphatic rings. The second-order valence-electron chi connectivity index (χ2n) is 21.0. The van der Waals surface area contributed by atoms with Gasteiger partial charge in [0.15, 0.2) is 0 Å². The Kier molecular flexibility index (Phi) is 14.1. The zero-order valence-corrected chi connectivity index (χ0v) is 41.9. The van der Waals surface area contributed by atoms with Gasteiger partial charge < -0.3 is 44.2 Å². The second kappa shape index (κ2) is 20.1. The van der Waals surface area contributed by atoms with E-state index in [1.165, 1.54) is 30.8 Å². The number of carbonyl (C=O) groups is 4. The van der Waals surface area contributed by atoms with Crippen LogP contribution in [0.2, 0.25) is 0 Å². The first-order valence-electron chi connectivity index (χ1n) is 25.5. The van der Waals surface area contributed by atoms with Crippen LogP contribution in [0.4, 0.5) is 5.69 Å². The number of carbonyl (C=O) groups excluding carboxylic acids is 4. The van der Waals surface area contributed by atoms with E-state index in [0.29, 0.717) is 12.8 Å². The molecule has 0 aliphatic carbocycles. The topological polar surface area (TPSA) is 175 Å². The molecule has 0 bridgehead atoms. The number of ether oxygens (including phenoxy) is 3. The number of hydrogen-bond donors (Lipinski definition) is 3. The van der Waals surface area contributed by atoms with Gasteiger partial charge in [-0.25, -0.2) is 9.97 Å². The molecule has 370 valence electrons. The molecule has 9 rings (SSSR count). The predicted octanol–water partition coefficient (Wildman–Crippen LogP) is 8.32. The van der Waals surface area contributed by atoms with Crippen molar-refractivity contribution >= 4 is 29.4 Å². The van der Waals surface area contributed by atoms with E-state index in [1.54, 1.807) is 0 Å². The lowest BCUT2D eigenvalue weighted by Gasteiger charge is -2.39. The number of fused-ring (bicyclic) bond motifs is 1. The normalized spacial score (nSPS) is 28.9. The summed E-state index contributed by atoms with van der Waals surface area (Å²) < 4.78 is 17.1. The summed E-state index contributed by atoms with van der Waals surface area (Å²) in [6.45, 7) is 14.7. The van der Waals surface area contributed by atoms with Gasteiger partial charge in [-0.1, -0.05) is 36.4 Å². The molecule has 4 aromatic rings. The Hall–Kier alpha value is -5.54. The van der Waals surface area contributed by atoms with Gasteiger partial charge in [-0.3, -0.25) is 19.2 Å². The number of nitrogens with zero attached hydrogens (tertiary/aromatic N) is 5. The monoisotopic (exact) mass is 945 g/mol. The molecule has 3 amide bonds. The van der Waals surface area contributed by atoms with Crippen molar-refractivity contribution in [1.82, 2.24) is 35.1 Å². The highest BCUT2D eigenvalue weighted by molar-refractivity contribution is 5.89. The van der Waals surface area contributed by atoms with Gasteiger partial charge in [0.05, 0.1) is 79.7 Å². The van der Waals surface area contributed by atoms with Crippen LogP contribution >= 0.6 is 0 Å². The standard InChI is InChI=1S/C54H72N8O7/c1-29-10-18-46(61(29)53(65)43(26-48(64)67-9)38-22-31(3)68-32(4)23-38)52-56-28-45(59-52)42-17-16-40(41-20-21-60(8)50(41)42)36-12-14-37(15-13-36)44-27-55-51(58-44)47-19-11-30(2)62(47)54(66)49(57-35(7)63)39-24-33(5)69-34(6)25-39/h12-17,27-34,38-39,43,46-47,49H,10-11,18-26H2,1-9H3,(H,55,58)(H,56,59)(H,57,63)/t29-,30-,31+,32+,33-,34+,39?,43-,46-,47-,49-/m0/s1. The second-order valence-corrected chi connectivity index (χ2v) is 21.0. The van der Waals surface area contributed by atoms with E-state index in [1.807, 2.05) is 49.9 Å². The lowest BCUT2D eigenvalue weighted by molar-refractivity contribution is -0.153. The average molecular weight is 945 g/mol. The third kappa shape index (κ3) is 9.82. The smallest absolute Gasteiger partial charge is 0.306 e. The van der Waals surface area contributed by atoms with Gasteiger partial charge in [0.2, 0.25) is 17.7 Å². The number of H-pyrrole nitrogens is 2. The number of rotatable bonds is 12. The molecule has 2 aromatic carbocycles. The Morgan fingerprint density at radius 2 is 1.23 bits per heavy atom. The Morgan fingerprint density at radius 1 is 0.710 bits per heavy atom. The SMILES string of the molecule is COC(=O)C[C@H](C(=O)N1[C@@H](C)CC[C@H]1c1ncc(-c2ccc(-c3ccc(-c4cnc([C@@H]5CC[C@H](C)N5C(=O)[C@@H](NC(C)=O)C5C[C@@H](C)O[C@@H](C)C5)[nH]4)cc3)c3c2N(C)CC3)[nH]1)C1C[C@@H](C)O[C@H](C)C1. The van der Waals surface area contributed by atoms with Crippen molar-refractivity contribution in [1.29, 1.82) is 0 Å². The first kappa shape index (κ1) is 48.5. The molecule has 11 atom stereocenters. The fraction of sp³-hybridized carbons (Fsp3) is 0.593. The quantitative estimate of drug-likeness (QED) is 0.117. The van der Waals surface area contributed by atoms with Gasteiger partial charge in [0.25, 0.3) is 0 Å². The minimum Gasteiger partial charge on any atom is -0.469 e. The molecule has 0 saturated carbocycles. The van der Waals surface area contributed by atoms with Crippen LogP contribution in [0.25, 0.3) is 33.6 Å². The first-order valence-corrected chi connectivity index (χ1v) is 25.5. The summed E-state index contributed by atoms with van der Waals surface area (Å²) in [7, 11) is 3.53. The molecule has 4 saturated heterocycles. The van der Waals surface area contributed by atoms with E-state index >= 15 is 0 Å². The van der Waals surface area contributed by atoms with Crippen LogP contribution in [0.15, 0.2) is 48.8 Å². The Labute approximate surface area is 406 Å². The zero-order valence-electron chi connectivity index (χ0n) is 41.9. The van der Waals surface area contributed by atoms with Crippen molar-refractivity contribution in [2.45, 2.75) is 167 Å². The maximum absolute atomic E-state index is 14.7. The van der Waals surface area contributed by atoms with Gasteiger partial charge in [-0.05, 0) is 133 Å². The summed E-state index contributed by atoms with van der Waals surface area (Å²) in [5.41, 5.74) is 8.61. The van der Waals surface area contributed by atoms with E-state index in [0.717, 1.165) is 91.2 Å². The Balaban J connectivity index is 0.926. The molecule has 1 unspecified atom stereocenters. The van der Waals surface area contributed by atoms with Gasteiger partial charge >= 0.3 is 5.97 Å². The van der Waals surface area contributed by atoms with Crippen molar-refractivity contribution in [2.24, 2.45) is 17.8 Å². The van der Waals surface area contributed by atoms with Gasteiger partial charge in [-0.15, -0.1) is 0 Å². The molecule has 2 aromatic heterocycles. The minimum atomic E-state index is -0.618. The maximum atomic E-state index is 14.7. The largest absolute Gasteiger partial charge is 0.469 e. The number of amides is 3. The number of aromatic nitrogens is 4. The highest BCUT2D eigenvalue weighted by Crippen LogP contribution is 2.45. The van der Waals surface area contributed by atoms with Gasteiger partial charge in [-0.2, -0.15) is 0 Å².